The van der Waals surface area contributed by atoms with Crippen LogP contribution in [0.5, 0.6) is 5.75 Å². The first kappa shape index (κ1) is 15.3. The summed E-state index contributed by atoms with van der Waals surface area (Å²) in [5.41, 5.74) is 0.882. The Hall–Kier alpha value is -1.75. The summed E-state index contributed by atoms with van der Waals surface area (Å²) in [5.74, 6) is -0.314. The molecule has 1 rings (SSSR count). The van der Waals surface area contributed by atoms with Crippen molar-refractivity contribution in [1.82, 2.24) is 0 Å². The highest BCUT2D eigenvalue weighted by molar-refractivity contribution is 5.94. The zero-order chi connectivity index (χ0) is 14.4. The number of carboxylic acids is 1. The number of nitrogens with zero attached hydrogens (tertiary/aromatic N) is 1. The highest BCUT2D eigenvalue weighted by atomic mass is 16.5. The monoisotopic (exact) mass is 267 g/mol. The number of aromatic carboxylic acids is 1. The van der Waals surface area contributed by atoms with Gasteiger partial charge in [-0.25, -0.2) is 4.79 Å². The third-order valence-corrected chi connectivity index (χ3v) is 2.72. The lowest BCUT2D eigenvalue weighted by atomic mass is 10.1. The van der Waals surface area contributed by atoms with Crippen molar-refractivity contribution in [2.75, 3.05) is 32.2 Å². The highest BCUT2D eigenvalue weighted by Gasteiger charge is 2.14. The van der Waals surface area contributed by atoms with Crippen LogP contribution in [0.1, 0.15) is 24.2 Å². The molecule has 1 aromatic rings. The Morgan fingerprint density at radius 1 is 1.42 bits per heavy atom. The Labute approximate surface area is 113 Å². The molecule has 0 amide bonds. The molecule has 106 valence electrons. The van der Waals surface area contributed by atoms with Crippen LogP contribution in [0.4, 0.5) is 5.69 Å². The maximum atomic E-state index is 11.2. The molecule has 0 radical (unpaired) electrons. The van der Waals surface area contributed by atoms with Gasteiger partial charge in [0.1, 0.15) is 5.75 Å². The molecule has 0 atom stereocenters. The van der Waals surface area contributed by atoms with Crippen LogP contribution in [0.3, 0.4) is 0 Å². The normalized spacial score (nSPS) is 10.6. The van der Waals surface area contributed by atoms with Gasteiger partial charge in [-0.15, -0.1) is 0 Å². The fourth-order valence-corrected chi connectivity index (χ4v) is 1.68. The van der Waals surface area contributed by atoms with Crippen LogP contribution in [-0.4, -0.2) is 44.5 Å². The largest absolute Gasteiger partial charge is 0.497 e. The van der Waals surface area contributed by atoms with Crippen LogP contribution in [-0.2, 0) is 4.74 Å². The molecule has 0 bridgehead atoms. The minimum Gasteiger partial charge on any atom is -0.497 e. The topological polar surface area (TPSA) is 59.0 Å². The molecule has 1 aromatic carbocycles. The Morgan fingerprint density at radius 3 is 2.63 bits per heavy atom. The number of methoxy groups -OCH3 is 1. The molecule has 0 fully saturated rings. The number of likely N-dealkylation sites (N-methyl/N-ethyl adjacent to an activating group) is 1. The second-order valence-electron chi connectivity index (χ2n) is 4.53. The minimum absolute atomic E-state index is 0.164. The lowest BCUT2D eigenvalue weighted by molar-refractivity contribution is 0.0696. The molecule has 0 unspecified atom stereocenters. The molecular weight excluding hydrogens is 246 g/mol. The number of hydrogen-bond acceptors (Lipinski definition) is 4. The van der Waals surface area contributed by atoms with E-state index in [1.54, 1.807) is 25.3 Å². The SMILES string of the molecule is COc1ccc(C(=O)O)c(N(C)CCOC(C)C)c1. The number of hydrogen-bond donors (Lipinski definition) is 1. The van der Waals surface area contributed by atoms with Crippen LogP contribution >= 0.6 is 0 Å². The number of benzene rings is 1. The predicted octanol–water partition coefficient (Wildman–Crippen LogP) is 2.25. The Kier molecular flexibility index (Phi) is 5.63. The van der Waals surface area contributed by atoms with E-state index < -0.39 is 5.97 Å². The van der Waals surface area contributed by atoms with Crippen molar-refractivity contribution < 1.29 is 19.4 Å². The maximum Gasteiger partial charge on any atom is 0.337 e. The van der Waals surface area contributed by atoms with Gasteiger partial charge in [-0.2, -0.15) is 0 Å². The van der Waals surface area contributed by atoms with Gasteiger partial charge < -0.3 is 19.5 Å². The molecule has 0 aromatic heterocycles. The maximum absolute atomic E-state index is 11.2. The lowest BCUT2D eigenvalue weighted by Gasteiger charge is -2.22. The van der Waals surface area contributed by atoms with E-state index >= 15 is 0 Å². The molecule has 0 heterocycles. The first-order valence-electron chi connectivity index (χ1n) is 6.19. The summed E-state index contributed by atoms with van der Waals surface area (Å²) >= 11 is 0. The quantitative estimate of drug-likeness (QED) is 0.821. The average Bonchev–Trinajstić information content (AvgIpc) is 2.37. The Balaban J connectivity index is 2.86. The predicted molar refractivity (Wildman–Crippen MR) is 74.3 cm³/mol. The number of carboxylic acid groups (broad SMARTS) is 1. The molecule has 0 spiro atoms. The fraction of sp³-hybridized carbons (Fsp3) is 0.500. The van der Waals surface area contributed by atoms with Gasteiger partial charge in [0.2, 0.25) is 0 Å². The van der Waals surface area contributed by atoms with Crippen molar-refractivity contribution in [3.63, 3.8) is 0 Å². The van der Waals surface area contributed by atoms with Gasteiger partial charge in [-0.05, 0) is 26.0 Å². The van der Waals surface area contributed by atoms with Crippen molar-refractivity contribution in [2.45, 2.75) is 20.0 Å². The third kappa shape index (κ3) is 4.44. The second-order valence-corrected chi connectivity index (χ2v) is 4.53. The zero-order valence-corrected chi connectivity index (χ0v) is 11.8. The molecule has 19 heavy (non-hydrogen) atoms. The summed E-state index contributed by atoms with van der Waals surface area (Å²) in [4.78, 5) is 13.1. The number of rotatable bonds is 7. The van der Waals surface area contributed by atoms with E-state index in [4.69, 9.17) is 9.47 Å². The summed E-state index contributed by atoms with van der Waals surface area (Å²) in [7, 11) is 3.40. The van der Waals surface area contributed by atoms with E-state index in [1.165, 1.54) is 0 Å². The lowest BCUT2D eigenvalue weighted by Crippen LogP contribution is -2.25. The van der Waals surface area contributed by atoms with Crippen LogP contribution in [0.2, 0.25) is 0 Å². The molecule has 1 N–H and O–H groups in total. The molecule has 0 aliphatic heterocycles. The Bertz CT molecular complexity index is 431. The summed E-state index contributed by atoms with van der Waals surface area (Å²) in [5, 5.41) is 9.19. The second kappa shape index (κ2) is 6.99. The van der Waals surface area contributed by atoms with E-state index in [0.29, 0.717) is 24.6 Å². The molecule has 0 saturated heterocycles. The summed E-state index contributed by atoms with van der Waals surface area (Å²) in [6.45, 7) is 5.10. The Morgan fingerprint density at radius 2 is 2.11 bits per heavy atom. The number of ether oxygens (including phenoxy) is 2. The van der Waals surface area contributed by atoms with Crippen molar-refractivity contribution in [1.29, 1.82) is 0 Å². The zero-order valence-electron chi connectivity index (χ0n) is 11.8. The van der Waals surface area contributed by atoms with Crippen molar-refractivity contribution in [2.24, 2.45) is 0 Å². The van der Waals surface area contributed by atoms with Crippen molar-refractivity contribution in [3.05, 3.63) is 23.8 Å². The van der Waals surface area contributed by atoms with Crippen LogP contribution < -0.4 is 9.64 Å². The van der Waals surface area contributed by atoms with Gasteiger partial charge in [0.15, 0.2) is 0 Å². The van der Waals surface area contributed by atoms with Gasteiger partial charge in [0.25, 0.3) is 0 Å². The standard InChI is InChI=1S/C14H21NO4/c1-10(2)19-8-7-15(3)13-9-11(18-4)5-6-12(13)14(16)17/h5-6,9-10H,7-8H2,1-4H3,(H,16,17). The first-order valence-corrected chi connectivity index (χ1v) is 6.19. The molecular formula is C14H21NO4. The van der Waals surface area contributed by atoms with E-state index in [2.05, 4.69) is 0 Å². The van der Waals surface area contributed by atoms with Crippen LogP contribution in [0.15, 0.2) is 18.2 Å². The van der Waals surface area contributed by atoms with Gasteiger partial charge in [-0.1, -0.05) is 0 Å². The van der Waals surface area contributed by atoms with Crippen LogP contribution in [0, 0.1) is 0 Å². The summed E-state index contributed by atoms with van der Waals surface area (Å²) in [6.07, 6.45) is 0.164. The molecule has 5 nitrogen and oxygen atoms in total. The van der Waals surface area contributed by atoms with Crippen LogP contribution in [0.25, 0.3) is 0 Å². The fourth-order valence-electron chi connectivity index (χ4n) is 1.68. The van der Waals surface area contributed by atoms with Crippen molar-refractivity contribution in [3.8, 4) is 5.75 Å². The average molecular weight is 267 g/mol. The van der Waals surface area contributed by atoms with E-state index in [9.17, 15) is 9.90 Å². The summed E-state index contributed by atoms with van der Waals surface area (Å²) < 4.78 is 10.6. The third-order valence-electron chi connectivity index (χ3n) is 2.72. The van der Waals surface area contributed by atoms with Gasteiger partial charge >= 0.3 is 5.97 Å². The van der Waals surface area contributed by atoms with Gasteiger partial charge in [0.05, 0.1) is 31.1 Å². The molecule has 0 aliphatic rings. The summed E-state index contributed by atoms with van der Waals surface area (Å²) in [6, 6.07) is 4.92. The first-order chi connectivity index (χ1) is 8.95. The van der Waals surface area contributed by atoms with E-state index in [-0.39, 0.29) is 11.7 Å². The van der Waals surface area contributed by atoms with Gasteiger partial charge in [0, 0.05) is 19.7 Å². The molecule has 5 heteroatoms. The van der Waals surface area contributed by atoms with Gasteiger partial charge in [-0.3, -0.25) is 0 Å². The van der Waals surface area contributed by atoms with E-state index in [1.807, 2.05) is 25.8 Å². The minimum atomic E-state index is -0.950. The number of anilines is 1. The van der Waals surface area contributed by atoms with Crippen molar-refractivity contribution >= 4 is 11.7 Å². The number of carbonyl (C=O) groups is 1. The smallest absolute Gasteiger partial charge is 0.337 e. The van der Waals surface area contributed by atoms with E-state index in [0.717, 1.165) is 0 Å². The highest BCUT2D eigenvalue weighted by Crippen LogP contribution is 2.25. The molecule has 0 saturated carbocycles. The molecule has 0 aliphatic carbocycles.